The van der Waals surface area contributed by atoms with Gasteiger partial charge in [-0.3, -0.25) is 10.2 Å². The van der Waals surface area contributed by atoms with Crippen LogP contribution in [0, 0.1) is 11.8 Å². The molecule has 94 valence electrons. The summed E-state index contributed by atoms with van der Waals surface area (Å²) in [7, 11) is 0. The Morgan fingerprint density at radius 2 is 2.19 bits per heavy atom. The van der Waals surface area contributed by atoms with Gasteiger partial charge in [-0.05, 0) is 38.1 Å². The molecule has 1 aliphatic rings. The van der Waals surface area contributed by atoms with Crippen LogP contribution in [0.1, 0.15) is 40.0 Å². The van der Waals surface area contributed by atoms with Gasteiger partial charge in [0.2, 0.25) is 5.91 Å². The van der Waals surface area contributed by atoms with Crippen molar-refractivity contribution < 1.29 is 4.79 Å². The molecule has 1 aliphatic heterocycles. The van der Waals surface area contributed by atoms with E-state index < -0.39 is 0 Å². The number of hydrogen-bond acceptors (Lipinski definition) is 3. The van der Waals surface area contributed by atoms with Crippen molar-refractivity contribution in [2.75, 3.05) is 13.1 Å². The number of hydrazine groups is 1. The minimum atomic E-state index is -0.0646. The van der Waals surface area contributed by atoms with Gasteiger partial charge in [0.1, 0.15) is 0 Å². The fourth-order valence-corrected chi connectivity index (χ4v) is 2.29. The highest BCUT2D eigenvalue weighted by atomic mass is 16.2. The summed E-state index contributed by atoms with van der Waals surface area (Å²) in [5, 5.41) is 0. The molecule has 3 unspecified atom stereocenters. The molecule has 16 heavy (non-hydrogen) atoms. The number of amides is 1. The monoisotopic (exact) mass is 227 g/mol. The van der Waals surface area contributed by atoms with E-state index in [9.17, 15) is 4.79 Å². The van der Waals surface area contributed by atoms with Crippen LogP contribution in [0.4, 0.5) is 0 Å². The van der Waals surface area contributed by atoms with Crippen molar-refractivity contribution in [3.8, 4) is 0 Å². The third-order valence-corrected chi connectivity index (χ3v) is 3.94. The Balaban J connectivity index is 2.31. The molecule has 1 heterocycles. The Labute approximate surface area is 98.5 Å². The fraction of sp³-hybridized carbons (Fsp3) is 0.917. The molecule has 4 heteroatoms. The zero-order valence-corrected chi connectivity index (χ0v) is 10.7. The second-order valence-electron chi connectivity index (χ2n) is 5.19. The van der Waals surface area contributed by atoms with Crippen LogP contribution in [-0.4, -0.2) is 29.9 Å². The van der Waals surface area contributed by atoms with Gasteiger partial charge in [-0.25, -0.2) is 5.84 Å². The van der Waals surface area contributed by atoms with Crippen LogP contribution in [0.2, 0.25) is 0 Å². The number of likely N-dealkylation sites (tertiary alicyclic amines) is 1. The molecule has 3 atom stereocenters. The van der Waals surface area contributed by atoms with Gasteiger partial charge in [0, 0.05) is 19.0 Å². The zero-order valence-electron chi connectivity index (χ0n) is 10.7. The lowest BCUT2D eigenvalue weighted by atomic mass is 9.88. The van der Waals surface area contributed by atoms with Crippen molar-refractivity contribution in [1.29, 1.82) is 0 Å². The van der Waals surface area contributed by atoms with E-state index in [1.807, 2.05) is 0 Å². The first-order valence-electron chi connectivity index (χ1n) is 6.28. The number of rotatable bonds is 4. The molecule has 0 aliphatic carbocycles. The summed E-state index contributed by atoms with van der Waals surface area (Å²) in [6.07, 6.45) is 2.69. The molecule has 0 saturated carbocycles. The van der Waals surface area contributed by atoms with Crippen molar-refractivity contribution in [3.05, 3.63) is 0 Å². The van der Waals surface area contributed by atoms with Crippen molar-refractivity contribution in [3.63, 3.8) is 0 Å². The maximum atomic E-state index is 11.1. The molecule has 0 bridgehead atoms. The van der Waals surface area contributed by atoms with E-state index in [1.54, 1.807) is 0 Å². The second kappa shape index (κ2) is 6.21. The predicted molar refractivity (Wildman–Crippen MR) is 65.5 cm³/mol. The summed E-state index contributed by atoms with van der Waals surface area (Å²) in [6, 6.07) is 0.479. The molecule has 3 N–H and O–H groups in total. The van der Waals surface area contributed by atoms with Crippen molar-refractivity contribution >= 4 is 5.91 Å². The summed E-state index contributed by atoms with van der Waals surface area (Å²) in [5.41, 5.74) is 2.18. The van der Waals surface area contributed by atoms with Gasteiger partial charge < -0.3 is 4.90 Å². The van der Waals surface area contributed by atoms with E-state index in [-0.39, 0.29) is 5.91 Å². The Hall–Kier alpha value is -0.610. The first-order valence-corrected chi connectivity index (χ1v) is 6.28. The van der Waals surface area contributed by atoms with Crippen molar-refractivity contribution in [2.24, 2.45) is 17.7 Å². The largest absolute Gasteiger partial charge is 0.300 e. The molecule has 1 amide bonds. The molecule has 4 nitrogen and oxygen atoms in total. The lowest BCUT2D eigenvalue weighted by Crippen LogP contribution is -2.44. The standard InChI is InChI=1S/C12H25N3O/c1-9-6-7-15(8-10(9)2)11(3)4-5-12(16)14-13/h9-11H,4-8,13H2,1-3H3,(H,14,16). The summed E-state index contributed by atoms with van der Waals surface area (Å²) in [6.45, 7) is 9.17. The number of nitrogens with two attached hydrogens (primary N) is 1. The molecule has 1 saturated heterocycles. The van der Waals surface area contributed by atoms with E-state index in [1.165, 1.54) is 6.42 Å². The van der Waals surface area contributed by atoms with Gasteiger partial charge in [0.15, 0.2) is 0 Å². The molecular weight excluding hydrogens is 202 g/mol. The minimum absolute atomic E-state index is 0.0646. The molecular formula is C12H25N3O. The highest BCUT2D eigenvalue weighted by molar-refractivity contribution is 5.75. The number of carbonyl (C=O) groups excluding carboxylic acids is 1. The lowest BCUT2D eigenvalue weighted by molar-refractivity contribution is -0.121. The van der Waals surface area contributed by atoms with Gasteiger partial charge in [-0.15, -0.1) is 0 Å². The summed E-state index contributed by atoms with van der Waals surface area (Å²) < 4.78 is 0. The Morgan fingerprint density at radius 3 is 2.75 bits per heavy atom. The summed E-state index contributed by atoms with van der Waals surface area (Å²) >= 11 is 0. The van der Waals surface area contributed by atoms with Crippen LogP contribution < -0.4 is 11.3 Å². The molecule has 0 radical (unpaired) electrons. The average Bonchev–Trinajstić information content (AvgIpc) is 2.29. The van der Waals surface area contributed by atoms with E-state index >= 15 is 0 Å². The first-order chi connectivity index (χ1) is 7.54. The van der Waals surface area contributed by atoms with Crippen LogP contribution >= 0.6 is 0 Å². The number of nitrogens with zero attached hydrogens (tertiary/aromatic N) is 1. The molecule has 0 aromatic heterocycles. The quantitative estimate of drug-likeness (QED) is 0.430. The van der Waals surface area contributed by atoms with E-state index in [2.05, 4.69) is 31.1 Å². The third kappa shape index (κ3) is 3.76. The molecule has 0 spiro atoms. The number of nitrogens with one attached hydrogen (secondary N) is 1. The van der Waals surface area contributed by atoms with Gasteiger partial charge >= 0.3 is 0 Å². The molecule has 0 aromatic carbocycles. The molecule has 0 aromatic rings. The fourth-order valence-electron chi connectivity index (χ4n) is 2.29. The van der Waals surface area contributed by atoms with Gasteiger partial charge in [-0.2, -0.15) is 0 Å². The number of hydrogen-bond donors (Lipinski definition) is 2. The van der Waals surface area contributed by atoms with Gasteiger partial charge in [-0.1, -0.05) is 13.8 Å². The lowest BCUT2D eigenvalue weighted by Gasteiger charge is -2.38. The predicted octanol–water partition coefficient (Wildman–Crippen LogP) is 1.12. The van der Waals surface area contributed by atoms with Gasteiger partial charge in [0.25, 0.3) is 0 Å². The van der Waals surface area contributed by atoms with Crippen LogP contribution in [0.3, 0.4) is 0 Å². The maximum Gasteiger partial charge on any atom is 0.233 e. The molecule has 1 fully saturated rings. The molecule has 1 rings (SSSR count). The smallest absolute Gasteiger partial charge is 0.233 e. The number of carbonyl (C=O) groups is 1. The summed E-state index contributed by atoms with van der Waals surface area (Å²) in [4.78, 5) is 13.6. The highest BCUT2D eigenvalue weighted by Gasteiger charge is 2.25. The third-order valence-electron chi connectivity index (χ3n) is 3.94. The first kappa shape index (κ1) is 13.5. The minimum Gasteiger partial charge on any atom is -0.300 e. The average molecular weight is 227 g/mol. The zero-order chi connectivity index (χ0) is 12.1. The van der Waals surface area contributed by atoms with Crippen LogP contribution in [-0.2, 0) is 4.79 Å². The van der Waals surface area contributed by atoms with E-state index in [4.69, 9.17) is 5.84 Å². The Morgan fingerprint density at radius 1 is 1.50 bits per heavy atom. The van der Waals surface area contributed by atoms with Crippen molar-refractivity contribution in [2.45, 2.75) is 46.1 Å². The highest BCUT2D eigenvalue weighted by Crippen LogP contribution is 2.24. The SMILES string of the molecule is CC1CCN(C(C)CCC(=O)NN)CC1C. The van der Waals surface area contributed by atoms with Crippen LogP contribution in [0.5, 0.6) is 0 Å². The Bertz CT molecular complexity index is 232. The second-order valence-corrected chi connectivity index (χ2v) is 5.19. The topological polar surface area (TPSA) is 58.4 Å². The Kier molecular flexibility index (Phi) is 5.22. The number of piperidine rings is 1. The summed E-state index contributed by atoms with van der Waals surface area (Å²) in [5.74, 6) is 6.59. The normalized spacial score (nSPS) is 28.8. The van der Waals surface area contributed by atoms with Crippen molar-refractivity contribution in [1.82, 2.24) is 10.3 Å². The van der Waals surface area contributed by atoms with E-state index in [0.717, 1.165) is 31.3 Å². The maximum absolute atomic E-state index is 11.1. The van der Waals surface area contributed by atoms with Gasteiger partial charge in [0.05, 0.1) is 0 Å². The van der Waals surface area contributed by atoms with E-state index in [0.29, 0.717) is 12.5 Å². The van der Waals surface area contributed by atoms with Crippen LogP contribution in [0.15, 0.2) is 0 Å². The van der Waals surface area contributed by atoms with Crippen LogP contribution in [0.25, 0.3) is 0 Å².